The largest absolute Gasteiger partial charge is 0.322 e. The van der Waals surface area contributed by atoms with Crippen molar-refractivity contribution in [1.29, 1.82) is 0 Å². The third kappa shape index (κ3) is 4.65. The lowest BCUT2D eigenvalue weighted by Gasteiger charge is -2.19. The predicted molar refractivity (Wildman–Crippen MR) is 114 cm³/mol. The van der Waals surface area contributed by atoms with Gasteiger partial charge in [0, 0.05) is 26.9 Å². The molecule has 0 saturated carbocycles. The van der Waals surface area contributed by atoms with Crippen LogP contribution in [0, 0.1) is 0 Å². The Labute approximate surface area is 167 Å². The lowest BCUT2D eigenvalue weighted by atomic mass is 9.87. The van der Waals surface area contributed by atoms with Gasteiger partial charge in [0.15, 0.2) is 0 Å². The van der Waals surface area contributed by atoms with Gasteiger partial charge in [-0.05, 0) is 58.8 Å². The number of rotatable bonds is 4. The Hall–Kier alpha value is -2.96. The Balaban J connectivity index is 1.75. The first-order chi connectivity index (χ1) is 13.3. The van der Waals surface area contributed by atoms with Crippen molar-refractivity contribution >= 4 is 45.0 Å². The van der Waals surface area contributed by atoms with Gasteiger partial charge in [-0.1, -0.05) is 32.9 Å². The smallest absolute Gasteiger partial charge is 0.267 e. The molecule has 2 aromatic carbocycles. The summed E-state index contributed by atoms with van der Waals surface area (Å²) in [6.45, 7) is 6.41. The van der Waals surface area contributed by atoms with Gasteiger partial charge in [0.25, 0.3) is 11.8 Å². The topological polar surface area (TPSA) is 78.4 Å². The van der Waals surface area contributed by atoms with Crippen molar-refractivity contribution in [2.75, 3.05) is 5.32 Å². The molecule has 6 heteroatoms. The lowest BCUT2D eigenvalue weighted by molar-refractivity contribution is -0.124. The molecule has 0 unspecified atom stereocenters. The van der Waals surface area contributed by atoms with Crippen LogP contribution in [0.5, 0.6) is 0 Å². The molecule has 3 rings (SSSR count). The van der Waals surface area contributed by atoms with E-state index in [0.717, 1.165) is 15.0 Å². The van der Waals surface area contributed by atoms with Gasteiger partial charge in [-0.25, -0.2) is 5.48 Å². The van der Waals surface area contributed by atoms with Crippen molar-refractivity contribution < 1.29 is 14.8 Å². The molecule has 1 heterocycles. The number of anilines is 1. The van der Waals surface area contributed by atoms with E-state index < -0.39 is 5.91 Å². The Morgan fingerprint density at radius 1 is 1.04 bits per heavy atom. The summed E-state index contributed by atoms with van der Waals surface area (Å²) in [6.07, 6.45) is 2.89. The van der Waals surface area contributed by atoms with Gasteiger partial charge in [-0.2, -0.15) is 0 Å². The van der Waals surface area contributed by atoms with Gasteiger partial charge in [0.2, 0.25) is 0 Å². The lowest BCUT2D eigenvalue weighted by Crippen LogP contribution is -2.14. The molecule has 0 radical (unpaired) electrons. The summed E-state index contributed by atoms with van der Waals surface area (Å²) in [4.78, 5) is 24.5. The van der Waals surface area contributed by atoms with Crippen LogP contribution in [-0.4, -0.2) is 17.0 Å². The SMILES string of the molecule is CC(C)(C)c1ccc(C(=O)Nc2ccc3sc(C=CC(=O)NO)cc3c2)cc1. The number of hydroxylamine groups is 1. The van der Waals surface area contributed by atoms with Crippen molar-refractivity contribution in [3.05, 3.63) is 70.6 Å². The number of amides is 2. The molecule has 3 N–H and O–H groups in total. The fourth-order valence-corrected chi connectivity index (χ4v) is 3.69. The van der Waals surface area contributed by atoms with E-state index in [0.29, 0.717) is 11.3 Å². The van der Waals surface area contributed by atoms with Crippen LogP contribution >= 0.6 is 11.3 Å². The van der Waals surface area contributed by atoms with Crippen LogP contribution in [0.1, 0.15) is 41.6 Å². The summed E-state index contributed by atoms with van der Waals surface area (Å²) in [5, 5.41) is 12.4. The normalized spacial score (nSPS) is 11.7. The zero-order chi connectivity index (χ0) is 20.3. The zero-order valence-corrected chi connectivity index (χ0v) is 16.8. The van der Waals surface area contributed by atoms with Crippen LogP contribution in [0.2, 0.25) is 0 Å². The number of thiophene rings is 1. The molecule has 0 spiro atoms. The van der Waals surface area contributed by atoms with Gasteiger partial charge in [0.1, 0.15) is 0 Å². The summed E-state index contributed by atoms with van der Waals surface area (Å²) in [6, 6.07) is 15.3. The summed E-state index contributed by atoms with van der Waals surface area (Å²) >= 11 is 1.52. The number of hydrogen-bond acceptors (Lipinski definition) is 4. The number of fused-ring (bicyclic) bond motifs is 1. The van der Waals surface area contributed by atoms with E-state index in [9.17, 15) is 9.59 Å². The van der Waals surface area contributed by atoms with Crippen LogP contribution in [0.15, 0.2) is 54.6 Å². The number of carbonyl (C=O) groups excluding carboxylic acids is 2. The second kappa shape index (κ2) is 7.96. The Morgan fingerprint density at radius 3 is 2.39 bits per heavy atom. The van der Waals surface area contributed by atoms with E-state index in [-0.39, 0.29) is 11.3 Å². The molecule has 0 aliphatic heterocycles. The first-order valence-electron chi connectivity index (χ1n) is 8.84. The fraction of sp³-hybridized carbons (Fsp3) is 0.182. The highest BCUT2D eigenvalue weighted by Gasteiger charge is 2.14. The summed E-state index contributed by atoms with van der Waals surface area (Å²) in [7, 11) is 0. The second-order valence-corrected chi connectivity index (χ2v) is 8.61. The van der Waals surface area contributed by atoms with E-state index in [2.05, 4.69) is 26.1 Å². The van der Waals surface area contributed by atoms with E-state index in [1.807, 2.05) is 48.5 Å². The maximum Gasteiger partial charge on any atom is 0.267 e. The standard InChI is InChI=1S/C22H22N2O3S/c1-22(2,3)16-6-4-14(5-7-16)21(26)23-17-8-10-19-15(12-17)13-18(28-19)9-11-20(25)24-27/h4-13,27H,1-3H3,(H,23,26)(H,24,25). The molecule has 0 bridgehead atoms. The van der Waals surface area contributed by atoms with Crippen LogP contribution in [0.25, 0.3) is 16.2 Å². The minimum atomic E-state index is -0.581. The molecule has 144 valence electrons. The van der Waals surface area contributed by atoms with Crippen LogP contribution in [0.4, 0.5) is 5.69 Å². The summed E-state index contributed by atoms with van der Waals surface area (Å²) < 4.78 is 1.04. The second-order valence-electron chi connectivity index (χ2n) is 7.49. The molecule has 28 heavy (non-hydrogen) atoms. The molecule has 3 aromatic rings. The minimum absolute atomic E-state index is 0.0446. The fourth-order valence-electron chi connectivity index (χ4n) is 2.74. The third-order valence-electron chi connectivity index (χ3n) is 4.32. The Morgan fingerprint density at radius 2 is 1.75 bits per heavy atom. The van der Waals surface area contributed by atoms with E-state index in [1.54, 1.807) is 11.6 Å². The summed E-state index contributed by atoms with van der Waals surface area (Å²) in [5.74, 6) is -0.738. The quantitative estimate of drug-likeness (QED) is 0.332. The van der Waals surface area contributed by atoms with E-state index in [1.165, 1.54) is 23.0 Å². The Bertz CT molecular complexity index is 1040. The molecule has 0 aliphatic rings. The monoisotopic (exact) mass is 394 g/mol. The van der Waals surface area contributed by atoms with Crippen molar-refractivity contribution in [1.82, 2.24) is 5.48 Å². The van der Waals surface area contributed by atoms with Gasteiger partial charge >= 0.3 is 0 Å². The highest BCUT2D eigenvalue weighted by atomic mass is 32.1. The highest BCUT2D eigenvalue weighted by Crippen LogP contribution is 2.29. The maximum atomic E-state index is 12.5. The molecular weight excluding hydrogens is 372 g/mol. The average molecular weight is 394 g/mol. The first kappa shape index (κ1) is 19.8. The third-order valence-corrected chi connectivity index (χ3v) is 5.40. The first-order valence-corrected chi connectivity index (χ1v) is 9.65. The molecule has 0 aliphatic carbocycles. The van der Waals surface area contributed by atoms with Gasteiger partial charge in [-0.15, -0.1) is 11.3 Å². The molecule has 5 nitrogen and oxygen atoms in total. The van der Waals surface area contributed by atoms with E-state index >= 15 is 0 Å². The van der Waals surface area contributed by atoms with E-state index in [4.69, 9.17) is 5.21 Å². The number of hydrogen-bond donors (Lipinski definition) is 3. The zero-order valence-electron chi connectivity index (χ0n) is 15.9. The number of carbonyl (C=O) groups is 2. The van der Waals surface area contributed by atoms with Crippen molar-refractivity contribution in [2.45, 2.75) is 26.2 Å². The van der Waals surface area contributed by atoms with Crippen LogP contribution in [0.3, 0.4) is 0 Å². The molecule has 2 amide bonds. The summed E-state index contributed by atoms with van der Waals surface area (Å²) in [5.41, 5.74) is 4.10. The Kier molecular flexibility index (Phi) is 5.63. The highest BCUT2D eigenvalue weighted by molar-refractivity contribution is 7.19. The molecular formula is C22H22N2O3S. The van der Waals surface area contributed by atoms with Crippen molar-refractivity contribution in [3.63, 3.8) is 0 Å². The average Bonchev–Trinajstić information content (AvgIpc) is 3.07. The van der Waals surface area contributed by atoms with Crippen molar-refractivity contribution in [3.8, 4) is 0 Å². The van der Waals surface area contributed by atoms with Crippen LogP contribution < -0.4 is 10.8 Å². The number of nitrogens with one attached hydrogen (secondary N) is 2. The molecule has 0 fully saturated rings. The molecule has 1 aromatic heterocycles. The molecule has 0 atom stereocenters. The number of benzene rings is 2. The predicted octanol–water partition coefficient (Wildman–Crippen LogP) is 4.97. The van der Waals surface area contributed by atoms with Gasteiger partial charge < -0.3 is 5.32 Å². The van der Waals surface area contributed by atoms with Gasteiger partial charge in [0.05, 0.1) is 0 Å². The van der Waals surface area contributed by atoms with Gasteiger partial charge in [-0.3, -0.25) is 14.8 Å². The van der Waals surface area contributed by atoms with Crippen molar-refractivity contribution in [2.24, 2.45) is 0 Å². The maximum absolute atomic E-state index is 12.5. The van der Waals surface area contributed by atoms with Crippen LogP contribution in [-0.2, 0) is 10.2 Å². The molecule has 0 saturated heterocycles. The minimum Gasteiger partial charge on any atom is -0.322 e.